The molecule has 7 nitrogen and oxygen atoms in total. The van der Waals surface area contributed by atoms with Crippen LogP contribution in [0, 0.1) is 0 Å². The fourth-order valence-corrected chi connectivity index (χ4v) is 4.08. The molecular weight excluding hydrogens is 354 g/mol. The van der Waals surface area contributed by atoms with Gasteiger partial charge in [-0.05, 0) is 42.5 Å². The number of oxazole rings is 1. The molecule has 0 radical (unpaired) electrons. The van der Waals surface area contributed by atoms with Gasteiger partial charge in [-0.15, -0.1) is 0 Å². The van der Waals surface area contributed by atoms with Gasteiger partial charge in [0, 0.05) is 24.3 Å². The van der Waals surface area contributed by atoms with Gasteiger partial charge in [-0.25, -0.2) is 13.4 Å². The molecule has 3 aromatic rings. The zero-order valence-electron chi connectivity index (χ0n) is 14.5. The molecule has 0 spiro atoms. The second kappa shape index (κ2) is 7.27. The Morgan fingerprint density at radius 1 is 1.12 bits per heavy atom. The number of hydrogen-bond donors (Lipinski definition) is 1. The van der Waals surface area contributed by atoms with Gasteiger partial charge in [-0.3, -0.25) is 4.79 Å². The average Bonchev–Trinajstić information content (AvgIpc) is 3.10. The summed E-state index contributed by atoms with van der Waals surface area (Å²) in [7, 11) is -3.51. The van der Waals surface area contributed by atoms with E-state index in [1.165, 1.54) is 22.8 Å². The summed E-state index contributed by atoms with van der Waals surface area (Å²) in [5, 5.41) is 2.75. The molecule has 1 amide bonds. The van der Waals surface area contributed by atoms with Crippen LogP contribution in [0.2, 0.25) is 0 Å². The van der Waals surface area contributed by atoms with Crippen LogP contribution in [0.4, 0.5) is 5.69 Å². The largest absolute Gasteiger partial charge is 0.443 e. The maximum Gasteiger partial charge on any atom is 0.255 e. The van der Waals surface area contributed by atoms with Gasteiger partial charge in [-0.2, -0.15) is 4.31 Å². The summed E-state index contributed by atoms with van der Waals surface area (Å²) in [6.07, 6.45) is 1.32. The molecule has 0 saturated heterocycles. The molecule has 0 aliphatic rings. The summed E-state index contributed by atoms with van der Waals surface area (Å²) < 4.78 is 31.5. The SMILES string of the molecule is CCN(CC)S(=O)(=O)c1ccc(NC(=O)c2ccc3ocnc3c2)cc1. The van der Waals surface area contributed by atoms with Gasteiger partial charge < -0.3 is 9.73 Å². The first-order valence-electron chi connectivity index (χ1n) is 8.20. The second-order valence-corrected chi connectivity index (χ2v) is 7.54. The van der Waals surface area contributed by atoms with Crippen molar-refractivity contribution >= 4 is 32.7 Å². The van der Waals surface area contributed by atoms with E-state index in [0.717, 1.165) is 0 Å². The highest BCUT2D eigenvalue weighted by Gasteiger charge is 2.21. The van der Waals surface area contributed by atoms with E-state index in [1.54, 1.807) is 44.2 Å². The Bertz CT molecular complexity index is 1020. The summed E-state index contributed by atoms with van der Waals surface area (Å²) >= 11 is 0. The summed E-state index contributed by atoms with van der Waals surface area (Å²) in [4.78, 5) is 16.6. The van der Waals surface area contributed by atoms with Crippen LogP contribution < -0.4 is 5.32 Å². The topological polar surface area (TPSA) is 92.5 Å². The first-order valence-corrected chi connectivity index (χ1v) is 9.64. The molecule has 8 heteroatoms. The molecule has 3 rings (SSSR count). The molecule has 1 N–H and O–H groups in total. The summed E-state index contributed by atoms with van der Waals surface area (Å²) in [5.41, 5.74) is 2.14. The Balaban J connectivity index is 1.77. The molecule has 136 valence electrons. The van der Waals surface area contributed by atoms with Gasteiger partial charge in [0.05, 0.1) is 4.90 Å². The number of carbonyl (C=O) groups is 1. The van der Waals surface area contributed by atoms with Crippen molar-refractivity contribution in [3.05, 3.63) is 54.4 Å². The maximum atomic E-state index is 12.5. The number of fused-ring (bicyclic) bond motifs is 1. The predicted molar refractivity (Wildman–Crippen MR) is 98.5 cm³/mol. The number of benzene rings is 2. The fraction of sp³-hybridized carbons (Fsp3) is 0.222. The van der Waals surface area contributed by atoms with Crippen LogP contribution in [0.3, 0.4) is 0 Å². The lowest BCUT2D eigenvalue weighted by Crippen LogP contribution is -2.30. The van der Waals surface area contributed by atoms with E-state index in [1.807, 2.05) is 0 Å². The van der Waals surface area contributed by atoms with Crippen molar-refractivity contribution in [1.82, 2.24) is 9.29 Å². The van der Waals surface area contributed by atoms with Crippen molar-refractivity contribution in [3.8, 4) is 0 Å². The third kappa shape index (κ3) is 3.47. The van der Waals surface area contributed by atoms with Crippen molar-refractivity contribution in [1.29, 1.82) is 0 Å². The minimum atomic E-state index is -3.51. The lowest BCUT2D eigenvalue weighted by Gasteiger charge is -2.18. The predicted octanol–water partition coefficient (Wildman–Crippen LogP) is 3.11. The average molecular weight is 373 g/mol. The molecule has 1 heterocycles. The summed E-state index contributed by atoms with van der Waals surface area (Å²) in [5.74, 6) is -0.311. The molecule has 0 aliphatic heterocycles. The highest BCUT2D eigenvalue weighted by Crippen LogP contribution is 2.20. The van der Waals surface area contributed by atoms with Crippen LogP contribution >= 0.6 is 0 Å². The third-order valence-electron chi connectivity index (χ3n) is 4.05. The molecular formula is C18H19N3O4S. The normalized spacial score (nSPS) is 11.8. The smallest absolute Gasteiger partial charge is 0.255 e. The molecule has 0 saturated carbocycles. The number of nitrogens with zero attached hydrogens (tertiary/aromatic N) is 2. The number of carbonyl (C=O) groups excluding carboxylic acids is 1. The van der Waals surface area contributed by atoms with Gasteiger partial charge in [0.2, 0.25) is 10.0 Å². The number of anilines is 1. The van der Waals surface area contributed by atoms with Crippen molar-refractivity contribution in [2.75, 3.05) is 18.4 Å². The van der Waals surface area contributed by atoms with Crippen LogP contribution in [-0.4, -0.2) is 36.7 Å². The Labute approximate surface area is 151 Å². The van der Waals surface area contributed by atoms with Crippen molar-refractivity contribution < 1.29 is 17.6 Å². The van der Waals surface area contributed by atoms with Crippen molar-refractivity contribution in [3.63, 3.8) is 0 Å². The quantitative estimate of drug-likeness (QED) is 0.717. The Morgan fingerprint density at radius 2 is 1.81 bits per heavy atom. The van der Waals surface area contributed by atoms with E-state index < -0.39 is 10.0 Å². The molecule has 0 bridgehead atoms. The van der Waals surface area contributed by atoms with E-state index >= 15 is 0 Å². The van der Waals surface area contributed by atoms with Crippen LogP contribution in [0.15, 0.2) is 58.2 Å². The zero-order valence-corrected chi connectivity index (χ0v) is 15.3. The number of nitrogens with one attached hydrogen (secondary N) is 1. The van der Waals surface area contributed by atoms with Crippen LogP contribution in [0.25, 0.3) is 11.1 Å². The molecule has 0 fully saturated rings. The molecule has 1 aromatic heterocycles. The highest BCUT2D eigenvalue weighted by atomic mass is 32.2. The number of hydrogen-bond acceptors (Lipinski definition) is 5. The molecule has 0 unspecified atom stereocenters. The number of aromatic nitrogens is 1. The first kappa shape index (κ1) is 18.1. The molecule has 0 aliphatic carbocycles. The molecule has 0 atom stereocenters. The fourth-order valence-electron chi connectivity index (χ4n) is 2.63. The van der Waals surface area contributed by atoms with E-state index in [4.69, 9.17) is 4.42 Å². The summed E-state index contributed by atoms with van der Waals surface area (Å²) in [6.45, 7) is 4.40. The summed E-state index contributed by atoms with van der Waals surface area (Å²) in [6, 6.07) is 11.1. The molecule has 26 heavy (non-hydrogen) atoms. The zero-order chi connectivity index (χ0) is 18.7. The maximum absolute atomic E-state index is 12.5. The van der Waals surface area contributed by atoms with Crippen LogP contribution in [0.5, 0.6) is 0 Å². The number of sulfonamides is 1. The monoisotopic (exact) mass is 373 g/mol. The van der Waals surface area contributed by atoms with Crippen molar-refractivity contribution in [2.45, 2.75) is 18.7 Å². The van der Waals surface area contributed by atoms with E-state index in [-0.39, 0.29) is 10.8 Å². The van der Waals surface area contributed by atoms with Gasteiger partial charge in [-0.1, -0.05) is 13.8 Å². The van der Waals surface area contributed by atoms with Crippen LogP contribution in [0.1, 0.15) is 24.2 Å². The van der Waals surface area contributed by atoms with Crippen LogP contribution in [-0.2, 0) is 10.0 Å². The van der Waals surface area contributed by atoms with Gasteiger partial charge in [0.1, 0.15) is 5.52 Å². The third-order valence-corrected chi connectivity index (χ3v) is 6.11. The Kier molecular flexibility index (Phi) is 5.06. The number of rotatable bonds is 6. The Morgan fingerprint density at radius 3 is 2.46 bits per heavy atom. The van der Waals surface area contributed by atoms with Crippen molar-refractivity contribution in [2.24, 2.45) is 0 Å². The van der Waals surface area contributed by atoms with Gasteiger partial charge in [0.25, 0.3) is 5.91 Å². The Hall–Kier alpha value is -2.71. The highest BCUT2D eigenvalue weighted by molar-refractivity contribution is 7.89. The number of amides is 1. The minimum Gasteiger partial charge on any atom is -0.443 e. The van der Waals surface area contributed by atoms with E-state index in [0.29, 0.717) is 35.4 Å². The van der Waals surface area contributed by atoms with Gasteiger partial charge in [0.15, 0.2) is 12.0 Å². The standard InChI is InChI=1S/C18H19N3O4S/c1-3-21(4-2)26(23,24)15-8-6-14(7-9-15)20-18(22)13-5-10-17-16(11-13)19-12-25-17/h5-12H,3-4H2,1-2H3,(H,20,22). The first-order chi connectivity index (χ1) is 12.5. The lowest BCUT2D eigenvalue weighted by atomic mass is 10.2. The molecule has 2 aromatic carbocycles. The minimum absolute atomic E-state index is 0.197. The van der Waals surface area contributed by atoms with E-state index in [9.17, 15) is 13.2 Å². The second-order valence-electron chi connectivity index (χ2n) is 5.60. The lowest BCUT2D eigenvalue weighted by molar-refractivity contribution is 0.102. The van der Waals surface area contributed by atoms with Gasteiger partial charge >= 0.3 is 0 Å². The van der Waals surface area contributed by atoms with E-state index in [2.05, 4.69) is 10.3 Å².